The summed E-state index contributed by atoms with van der Waals surface area (Å²) in [6.45, 7) is 7.69. The van der Waals surface area contributed by atoms with Crippen LogP contribution in [0.5, 0.6) is 0 Å². The number of hydrogen-bond donors (Lipinski definition) is 1. The molecular weight excluding hydrogens is 240 g/mol. The van der Waals surface area contributed by atoms with E-state index in [1.165, 1.54) is 5.56 Å². The molecule has 0 aliphatic carbocycles. The molecule has 0 spiro atoms. The molecule has 1 aliphatic heterocycles. The minimum atomic E-state index is 0.346. The molecule has 98 valence electrons. The highest BCUT2D eigenvalue weighted by atomic mass is 32.2. The van der Waals surface area contributed by atoms with Gasteiger partial charge in [0.2, 0.25) is 0 Å². The van der Waals surface area contributed by atoms with Crippen molar-refractivity contribution in [2.45, 2.75) is 33.2 Å². The predicted molar refractivity (Wildman–Crippen MR) is 81.3 cm³/mol. The molecule has 0 saturated heterocycles. The summed E-state index contributed by atoms with van der Waals surface area (Å²) in [6.07, 6.45) is 1.05. The van der Waals surface area contributed by atoms with Crippen molar-refractivity contribution >= 4 is 16.9 Å². The van der Waals surface area contributed by atoms with Crippen LogP contribution in [-0.2, 0) is 6.42 Å². The summed E-state index contributed by atoms with van der Waals surface area (Å²) in [5.41, 5.74) is 1.72. The van der Waals surface area contributed by atoms with E-state index in [-0.39, 0.29) is 0 Å². The fourth-order valence-electron chi connectivity index (χ4n) is 1.96. The van der Waals surface area contributed by atoms with Crippen LogP contribution in [0.3, 0.4) is 0 Å². The summed E-state index contributed by atoms with van der Waals surface area (Å²) in [5.74, 6) is 1.15. The Bertz CT molecular complexity index is 412. The van der Waals surface area contributed by atoms with E-state index in [2.05, 4.69) is 61.4 Å². The third-order valence-corrected chi connectivity index (χ3v) is 4.45. The smallest absolute Gasteiger partial charge is 0.156 e. The van der Waals surface area contributed by atoms with Gasteiger partial charge in [-0.25, -0.2) is 0 Å². The maximum Gasteiger partial charge on any atom is 0.156 e. The molecule has 0 saturated carbocycles. The predicted octanol–water partition coefficient (Wildman–Crippen LogP) is 3.34. The highest BCUT2D eigenvalue weighted by Crippen LogP contribution is 2.27. The van der Waals surface area contributed by atoms with Crippen molar-refractivity contribution in [2.75, 3.05) is 12.3 Å². The van der Waals surface area contributed by atoms with Gasteiger partial charge in [-0.1, -0.05) is 55.9 Å². The van der Waals surface area contributed by atoms with Crippen LogP contribution in [0.15, 0.2) is 35.3 Å². The van der Waals surface area contributed by atoms with Crippen LogP contribution >= 0.6 is 11.8 Å². The lowest BCUT2D eigenvalue weighted by atomic mass is 9.97. The van der Waals surface area contributed by atoms with Gasteiger partial charge in [0, 0.05) is 18.3 Å². The Hall–Kier alpha value is -0.960. The molecule has 1 heterocycles. The van der Waals surface area contributed by atoms with Crippen molar-refractivity contribution < 1.29 is 0 Å². The van der Waals surface area contributed by atoms with Crippen molar-refractivity contribution in [2.24, 2.45) is 10.4 Å². The lowest BCUT2D eigenvalue weighted by Crippen LogP contribution is -2.37. The molecule has 3 heteroatoms. The number of amidine groups is 1. The molecule has 0 bridgehead atoms. The average Bonchev–Trinajstić information content (AvgIpc) is 2.33. The van der Waals surface area contributed by atoms with Gasteiger partial charge in [0.05, 0.1) is 0 Å². The van der Waals surface area contributed by atoms with Crippen molar-refractivity contribution in [3.63, 3.8) is 0 Å². The molecule has 1 aromatic rings. The van der Waals surface area contributed by atoms with E-state index in [1.807, 2.05) is 11.8 Å². The summed E-state index contributed by atoms with van der Waals surface area (Å²) in [5, 5.41) is 4.63. The zero-order valence-corrected chi connectivity index (χ0v) is 12.3. The second-order valence-electron chi connectivity index (χ2n) is 5.81. The summed E-state index contributed by atoms with van der Waals surface area (Å²) in [7, 11) is 0. The van der Waals surface area contributed by atoms with Crippen LogP contribution in [0.1, 0.15) is 26.3 Å². The molecule has 1 aromatic carbocycles. The second kappa shape index (κ2) is 5.79. The maximum atomic E-state index is 4.63. The van der Waals surface area contributed by atoms with E-state index in [4.69, 9.17) is 0 Å². The number of nitrogens with one attached hydrogen (secondary N) is 1. The van der Waals surface area contributed by atoms with E-state index < -0.39 is 0 Å². The van der Waals surface area contributed by atoms with Crippen LogP contribution in [0, 0.1) is 5.41 Å². The van der Waals surface area contributed by atoms with Gasteiger partial charge in [-0.2, -0.15) is 0 Å². The van der Waals surface area contributed by atoms with Crippen molar-refractivity contribution in [1.82, 2.24) is 5.32 Å². The lowest BCUT2D eigenvalue weighted by Gasteiger charge is -2.28. The third-order valence-electron chi connectivity index (χ3n) is 3.00. The Morgan fingerprint density at radius 1 is 1.33 bits per heavy atom. The molecule has 18 heavy (non-hydrogen) atoms. The fourth-order valence-corrected chi connectivity index (χ4v) is 3.02. The topological polar surface area (TPSA) is 24.4 Å². The summed E-state index contributed by atoms with van der Waals surface area (Å²) < 4.78 is 0. The van der Waals surface area contributed by atoms with E-state index in [1.54, 1.807) is 0 Å². The standard InChI is InChI=1S/C15H22N2S/c1-12(9-13-7-5-4-6-8-13)17-14-16-10-15(2,3)11-18-14/h4-8,12H,9-11H2,1-3H3,(H,16,17). The highest BCUT2D eigenvalue weighted by Gasteiger charge is 2.23. The maximum absolute atomic E-state index is 4.63. The van der Waals surface area contributed by atoms with Gasteiger partial charge in [-0.05, 0) is 24.3 Å². The minimum Gasteiger partial charge on any atom is -0.362 e. The average molecular weight is 262 g/mol. The van der Waals surface area contributed by atoms with E-state index in [0.29, 0.717) is 11.5 Å². The fraction of sp³-hybridized carbons (Fsp3) is 0.533. The summed E-state index contributed by atoms with van der Waals surface area (Å²) in [4.78, 5) is 4.63. The Kier molecular flexibility index (Phi) is 4.33. The Morgan fingerprint density at radius 2 is 2.06 bits per heavy atom. The summed E-state index contributed by atoms with van der Waals surface area (Å²) >= 11 is 1.85. The third kappa shape index (κ3) is 4.05. The monoisotopic (exact) mass is 262 g/mol. The molecular formula is C15H22N2S. The number of thioether (sulfide) groups is 1. The molecule has 0 fully saturated rings. The first kappa shape index (κ1) is 13.5. The normalized spacial score (nSPS) is 20.1. The number of benzene rings is 1. The molecule has 2 rings (SSSR count). The van der Waals surface area contributed by atoms with Crippen LogP contribution < -0.4 is 5.32 Å². The molecule has 2 nitrogen and oxygen atoms in total. The van der Waals surface area contributed by atoms with E-state index in [0.717, 1.165) is 23.9 Å². The molecule has 0 amide bonds. The Labute approximate surface area is 114 Å². The van der Waals surface area contributed by atoms with Gasteiger partial charge < -0.3 is 5.32 Å². The van der Waals surface area contributed by atoms with Crippen molar-refractivity contribution in [3.8, 4) is 0 Å². The number of rotatable bonds is 3. The van der Waals surface area contributed by atoms with Gasteiger partial charge in [0.15, 0.2) is 5.17 Å². The van der Waals surface area contributed by atoms with E-state index >= 15 is 0 Å². The number of nitrogens with zero attached hydrogens (tertiary/aromatic N) is 1. The first-order valence-corrected chi connectivity index (χ1v) is 7.51. The molecule has 0 aromatic heterocycles. The largest absolute Gasteiger partial charge is 0.362 e. The molecule has 1 unspecified atom stereocenters. The van der Waals surface area contributed by atoms with Crippen LogP contribution in [0.4, 0.5) is 0 Å². The molecule has 1 atom stereocenters. The first-order valence-electron chi connectivity index (χ1n) is 6.53. The van der Waals surface area contributed by atoms with E-state index in [9.17, 15) is 0 Å². The second-order valence-corrected chi connectivity index (χ2v) is 6.77. The molecule has 0 radical (unpaired) electrons. The van der Waals surface area contributed by atoms with Gasteiger partial charge in [-0.15, -0.1) is 0 Å². The summed E-state index contributed by atoms with van der Waals surface area (Å²) in [6, 6.07) is 11.0. The Morgan fingerprint density at radius 3 is 2.67 bits per heavy atom. The van der Waals surface area contributed by atoms with Crippen LogP contribution in [0.25, 0.3) is 0 Å². The zero-order valence-electron chi connectivity index (χ0n) is 11.4. The minimum absolute atomic E-state index is 0.346. The SMILES string of the molecule is CC(Cc1ccccc1)NC1=NCC(C)(C)CS1. The zero-order chi connectivity index (χ0) is 13.0. The molecule has 1 N–H and O–H groups in total. The van der Waals surface area contributed by atoms with Gasteiger partial charge in [0.1, 0.15) is 0 Å². The number of hydrogen-bond acceptors (Lipinski definition) is 3. The molecule has 1 aliphatic rings. The van der Waals surface area contributed by atoms with Crippen molar-refractivity contribution in [3.05, 3.63) is 35.9 Å². The van der Waals surface area contributed by atoms with Gasteiger partial charge in [-0.3, -0.25) is 4.99 Å². The number of aliphatic imine (C=N–C) groups is 1. The van der Waals surface area contributed by atoms with Gasteiger partial charge >= 0.3 is 0 Å². The van der Waals surface area contributed by atoms with Crippen LogP contribution in [-0.4, -0.2) is 23.5 Å². The highest BCUT2D eigenvalue weighted by molar-refractivity contribution is 8.13. The lowest BCUT2D eigenvalue weighted by molar-refractivity contribution is 0.436. The quantitative estimate of drug-likeness (QED) is 0.903. The van der Waals surface area contributed by atoms with Crippen molar-refractivity contribution in [1.29, 1.82) is 0 Å². The Balaban J connectivity index is 1.85. The first-order chi connectivity index (χ1) is 8.55. The van der Waals surface area contributed by atoms with Gasteiger partial charge in [0.25, 0.3) is 0 Å². The van der Waals surface area contributed by atoms with Crippen LogP contribution in [0.2, 0.25) is 0 Å².